The van der Waals surface area contributed by atoms with Crippen molar-refractivity contribution in [2.45, 2.75) is 38.8 Å². The first-order chi connectivity index (χ1) is 8.77. The topological polar surface area (TPSA) is 34.2 Å². The van der Waals surface area contributed by atoms with Crippen LogP contribution in [0.3, 0.4) is 0 Å². The average Bonchev–Trinajstić information content (AvgIpc) is 2.85. The highest BCUT2D eigenvalue weighted by molar-refractivity contribution is 5.19. The number of ether oxygens (including phenoxy) is 1. The molecule has 3 atom stereocenters. The van der Waals surface area contributed by atoms with Crippen LogP contribution >= 0.6 is 0 Å². The Balaban J connectivity index is 2.25. The second-order valence-corrected chi connectivity index (χ2v) is 4.70. The smallest absolute Gasteiger partial charge is 0.146 e. The minimum absolute atomic E-state index is 0.0189. The van der Waals surface area contributed by atoms with Crippen molar-refractivity contribution in [1.82, 2.24) is 10.3 Å². The molecular weight excluding hydrogens is 231 g/mol. The minimum Gasteiger partial charge on any atom is -0.378 e. The zero-order valence-corrected chi connectivity index (χ0v) is 11.0. The molecule has 100 valence electrons. The molecule has 1 aliphatic heterocycles. The molecule has 0 aliphatic carbocycles. The number of hydrogen-bond acceptors (Lipinski definition) is 3. The van der Waals surface area contributed by atoms with Crippen molar-refractivity contribution in [2.24, 2.45) is 5.92 Å². The Morgan fingerprint density at radius 3 is 3.06 bits per heavy atom. The van der Waals surface area contributed by atoms with E-state index in [9.17, 15) is 4.39 Å². The maximum Gasteiger partial charge on any atom is 0.146 e. The zero-order chi connectivity index (χ0) is 13.0. The van der Waals surface area contributed by atoms with Gasteiger partial charge in [-0.15, -0.1) is 0 Å². The van der Waals surface area contributed by atoms with Crippen LogP contribution in [0.4, 0.5) is 4.39 Å². The fraction of sp³-hybridized carbons (Fsp3) is 0.643. The summed E-state index contributed by atoms with van der Waals surface area (Å²) in [6.45, 7) is 5.76. The van der Waals surface area contributed by atoms with Crippen molar-refractivity contribution in [2.75, 3.05) is 13.2 Å². The normalized spacial score (nSPS) is 25.3. The van der Waals surface area contributed by atoms with Crippen LogP contribution in [0.25, 0.3) is 0 Å². The number of halogens is 1. The first-order valence-corrected chi connectivity index (χ1v) is 6.72. The highest BCUT2D eigenvalue weighted by atomic mass is 19.1. The lowest BCUT2D eigenvalue weighted by Gasteiger charge is -2.28. The van der Waals surface area contributed by atoms with Gasteiger partial charge in [0.25, 0.3) is 0 Å². The van der Waals surface area contributed by atoms with E-state index >= 15 is 0 Å². The maximum atomic E-state index is 13.9. The first kappa shape index (κ1) is 13.4. The summed E-state index contributed by atoms with van der Waals surface area (Å²) in [5.41, 5.74) is 0.709. The molecule has 0 radical (unpaired) electrons. The van der Waals surface area contributed by atoms with Crippen molar-refractivity contribution in [3.8, 4) is 0 Å². The average molecular weight is 252 g/mol. The van der Waals surface area contributed by atoms with E-state index in [0.717, 1.165) is 26.0 Å². The highest BCUT2D eigenvalue weighted by Gasteiger charge is 2.35. The lowest BCUT2D eigenvalue weighted by atomic mass is 9.87. The van der Waals surface area contributed by atoms with Gasteiger partial charge in [0.1, 0.15) is 5.82 Å². The van der Waals surface area contributed by atoms with Crippen molar-refractivity contribution in [3.05, 3.63) is 29.8 Å². The lowest BCUT2D eigenvalue weighted by molar-refractivity contribution is 0.0772. The molecule has 1 aromatic rings. The van der Waals surface area contributed by atoms with Crippen molar-refractivity contribution >= 4 is 0 Å². The molecule has 4 heteroatoms. The van der Waals surface area contributed by atoms with Gasteiger partial charge in [0, 0.05) is 30.3 Å². The molecule has 0 spiro atoms. The van der Waals surface area contributed by atoms with Crippen molar-refractivity contribution < 1.29 is 9.13 Å². The molecule has 2 heterocycles. The molecule has 1 aromatic heterocycles. The van der Waals surface area contributed by atoms with Gasteiger partial charge in [-0.25, -0.2) is 4.39 Å². The van der Waals surface area contributed by atoms with E-state index in [1.54, 1.807) is 12.3 Å². The predicted octanol–water partition coefficient (Wildman–Crippen LogP) is 2.69. The lowest BCUT2D eigenvalue weighted by Crippen LogP contribution is -2.33. The van der Waals surface area contributed by atoms with Crippen molar-refractivity contribution in [1.29, 1.82) is 0 Å². The fourth-order valence-corrected chi connectivity index (χ4v) is 2.82. The fourth-order valence-electron chi connectivity index (χ4n) is 2.82. The molecular formula is C14H21FN2O. The number of aromatic nitrogens is 1. The van der Waals surface area contributed by atoms with Gasteiger partial charge in [-0.3, -0.25) is 4.98 Å². The third-order valence-corrected chi connectivity index (χ3v) is 3.65. The van der Waals surface area contributed by atoms with Crippen LogP contribution in [-0.2, 0) is 4.74 Å². The van der Waals surface area contributed by atoms with Gasteiger partial charge in [-0.05, 0) is 25.5 Å². The van der Waals surface area contributed by atoms with Crippen LogP contribution in [0, 0.1) is 11.7 Å². The van der Waals surface area contributed by atoms with E-state index in [2.05, 4.69) is 17.2 Å². The quantitative estimate of drug-likeness (QED) is 0.875. The van der Waals surface area contributed by atoms with E-state index in [1.165, 1.54) is 6.20 Å². The van der Waals surface area contributed by atoms with E-state index in [1.807, 2.05) is 6.92 Å². The summed E-state index contributed by atoms with van der Waals surface area (Å²) in [5, 5.41) is 3.40. The summed E-state index contributed by atoms with van der Waals surface area (Å²) in [6.07, 6.45) is 5.12. The standard InChI is InChI=1S/C14H21FN2O/c1-3-13-11(6-8-18-13)14(17-4-2)10-5-7-16-9-12(10)15/h5,7,9,11,13-14,17H,3-4,6,8H2,1-2H3. The summed E-state index contributed by atoms with van der Waals surface area (Å²) in [4.78, 5) is 3.82. The Labute approximate surface area is 108 Å². The van der Waals surface area contributed by atoms with Gasteiger partial charge in [-0.2, -0.15) is 0 Å². The largest absolute Gasteiger partial charge is 0.378 e. The van der Waals surface area contributed by atoms with Crippen LogP contribution in [0.1, 0.15) is 38.3 Å². The van der Waals surface area contributed by atoms with Crippen LogP contribution in [0.2, 0.25) is 0 Å². The number of nitrogens with one attached hydrogen (secondary N) is 1. The van der Waals surface area contributed by atoms with E-state index < -0.39 is 0 Å². The van der Waals surface area contributed by atoms with Gasteiger partial charge in [0.15, 0.2) is 0 Å². The molecule has 3 nitrogen and oxygen atoms in total. The molecule has 0 saturated carbocycles. The first-order valence-electron chi connectivity index (χ1n) is 6.72. The molecule has 0 amide bonds. The van der Waals surface area contributed by atoms with Crippen molar-refractivity contribution in [3.63, 3.8) is 0 Å². The van der Waals surface area contributed by atoms with Crippen LogP contribution < -0.4 is 5.32 Å². The van der Waals surface area contributed by atoms with Crippen LogP contribution in [0.15, 0.2) is 18.5 Å². The third kappa shape index (κ3) is 2.70. The molecule has 3 unspecified atom stereocenters. The van der Waals surface area contributed by atoms with Gasteiger partial charge >= 0.3 is 0 Å². The summed E-state index contributed by atoms with van der Waals surface area (Å²) in [6, 6.07) is 1.79. The number of nitrogens with zero attached hydrogens (tertiary/aromatic N) is 1. The van der Waals surface area contributed by atoms with Crippen LogP contribution in [0.5, 0.6) is 0 Å². The molecule has 0 bridgehead atoms. The van der Waals surface area contributed by atoms with E-state index in [4.69, 9.17) is 4.74 Å². The Kier molecular flexibility index (Phi) is 4.66. The molecule has 0 aromatic carbocycles. The number of hydrogen-bond donors (Lipinski definition) is 1. The Morgan fingerprint density at radius 1 is 1.56 bits per heavy atom. The second kappa shape index (κ2) is 6.25. The summed E-state index contributed by atoms with van der Waals surface area (Å²) in [7, 11) is 0. The van der Waals surface area contributed by atoms with E-state index in [-0.39, 0.29) is 18.0 Å². The monoisotopic (exact) mass is 252 g/mol. The Bertz CT molecular complexity index is 386. The molecule has 2 rings (SSSR count). The summed E-state index contributed by atoms with van der Waals surface area (Å²) in [5.74, 6) is 0.108. The van der Waals surface area contributed by atoms with Gasteiger partial charge in [-0.1, -0.05) is 13.8 Å². The molecule has 1 aliphatic rings. The van der Waals surface area contributed by atoms with Crippen LogP contribution in [-0.4, -0.2) is 24.2 Å². The molecule has 1 saturated heterocycles. The Hall–Kier alpha value is -1.00. The molecule has 1 fully saturated rings. The Morgan fingerprint density at radius 2 is 2.39 bits per heavy atom. The molecule has 1 N–H and O–H groups in total. The summed E-state index contributed by atoms with van der Waals surface area (Å²) >= 11 is 0. The van der Waals surface area contributed by atoms with Gasteiger partial charge in [0.2, 0.25) is 0 Å². The SMILES string of the molecule is CCNC(c1ccncc1F)C1CCOC1CC. The van der Waals surface area contributed by atoms with Gasteiger partial charge < -0.3 is 10.1 Å². The van der Waals surface area contributed by atoms with Gasteiger partial charge in [0.05, 0.1) is 12.3 Å². The minimum atomic E-state index is -0.231. The van der Waals surface area contributed by atoms with E-state index in [0.29, 0.717) is 11.5 Å². The maximum absolute atomic E-state index is 13.9. The predicted molar refractivity (Wildman–Crippen MR) is 68.8 cm³/mol. The highest BCUT2D eigenvalue weighted by Crippen LogP contribution is 2.35. The number of rotatable bonds is 5. The third-order valence-electron chi connectivity index (χ3n) is 3.65. The zero-order valence-electron chi connectivity index (χ0n) is 11.0. The summed E-state index contributed by atoms with van der Waals surface area (Å²) < 4.78 is 19.6. The number of pyridine rings is 1. The molecule has 18 heavy (non-hydrogen) atoms. The second-order valence-electron chi connectivity index (χ2n) is 4.70.